The summed E-state index contributed by atoms with van der Waals surface area (Å²) >= 11 is 0. The predicted molar refractivity (Wildman–Crippen MR) is 57.6 cm³/mol. The molecule has 1 heterocycles. The fourth-order valence-corrected chi connectivity index (χ4v) is 2.05. The summed E-state index contributed by atoms with van der Waals surface area (Å²) in [7, 11) is 1.50. The van der Waals surface area contributed by atoms with Crippen LogP contribution in [0.4, 0.5) is 4.39 Å². The van der Waals surface area contributed by atoms with E-state index in [1.165, 1.54) is 19.6 Å². The zero-order valence-corrected chi connectivity index (χ0v) is 8.92. The summed E-state index contributed by atoms with van der Waals surface area (Å²) in [6.07, 6.45) is 2.21. The van der Waals surface area contributed by atoms with Gasteiger partial charge in [-0.15, -0.1) is 0 Å². The molecule has 1 atom stereocenters. The van der Waals surface area contributed by atoms with Crippen molar-refractivity contribution in [3.8, 4) is 5.75 Å². The summed E-state index contributed by atoms with van der Waals surface area (Å²) in [6, 6.07) is 5.13. The van der Waals surface area contributed by atoms with Crippen molar-refractivity contribution in [3.05, 3.63) is 29.6 Å². The van der Waals surface area contributed by atoms with E-state index in [-0.39, 0.29) is 5.82 Å². The van der Waals surface area contributed by atoms with Gasteiger partial charge in [0.25, 0.3) is 0 Å². The van der Waals surface area contributed by atoms with Crippen molar-refractivity contribution in [2.45, 2.75) is 12.8 Å². The van der Waals surface area contributed by atoms with Crippen LogP contribution < -0.4 is 10.1 Å². The molecule has 1 saturated heterocycles. The molecular formula is C12H16FNO. The Morgan fingerprint density at radius 3 is 3.07 bits per heavy atom. The van der Waals surface area contributed by atoms with E-state index in [1.807, 2.05) is 6.07 Å². The van der Waals surface area contributed by atoms with E-state index >= 15 is 0 Å². The average molecular weight is 209 g/mol. The molecule has 0 saturated carbocycles. The minimum atomic E-state index is -0.286. The van der Waals surface area contributed by atoms with Crippen LogP contribution in [-0.4, -0.2) is 20.2 Å². The molecule has 3 heteroatoms. The average Bonchev–Trinajstić information content (AvgIpc) is 2.73. The number of ether oxygens (including phenoxy) is 1. The fraction of sp³-hybridized carbons (Fsp3) is 0.500. The summed E-state index contributed by atoms with van der Waals surface area (Å²) in [4.78, 5) is 0. The highest BCUT2D eigenvalue weighted by Gasteiger charge is 2.15. The monoisotopic (exact) mass is 209 g/mol. The molecule has 2 nitrogen and oxygen atoms in total. The van der Waals surface area contributed by atoms with E-state index in [9.17, 15) is 4.39 Å². The molecule has 0 aliphatic carbocycles. The Labute approximate surface area is 89.4 Å². The van der Waals surface area contributed by atoms with Crippen LogP contribution >= 0.6 is 0 Å². The lowest BCUT2D eigenvalue weighted by molar-refractivity contribution is 0.385. The van der Waals surface area contributed by atoms with Crippen LogP contribution in [0.1, 0.15) is 12.0 Å². The summed E-state index contributed by atoms with van der Waals surface area (Å²) in [5.41, 5.74) is 1.15. The Morgan fingerprint density at radius 2 is 2.40 bits per heavy atom. The first kappa shape index (κ1) is 10.4. The van der Waals surface area contributed by atoms with Gasteiger partial charge in [0.1, 0.15) is 0 Å². The van der Waals surface area contributed by atoms with E-state index in [0.29, 0.717) is 11.7 Å². The number of hydrogen-bond acceptors (Lipinski definition) is 2. The van der Waals surface area contributed by atoms with Crippen molar-refractivity contribution in [1.29, 1.82) is 0 Å². The summed E-state index contributed by atoms with van der Waals surface area (Å²) in [5, 5.41) is 3.33. The van der Waals surface area contributed by atoms with Gasteiger partial charge in [-0.3, -0.25) is 0 Å². The van der Waals surface area contributed by atoms with Crippen LogP contribution in [0.15, 0.2) is 18.2 Å². The number of benzene rings is 1. The zero-order valence-electron chi connectivity index (χ0n) is 8.92. The number of methoxy groups -OCH3 is 1. The molecule has 15 heavy (non-hydrogen) atoms. The highest BCUT2D eigenvalue weighted by atomic mass is 19.1. The summed E-state index contributed by atoms with van der Waals surface area (Å²) in [6.45, 7) is 2.17. The number of nitrogens with one attached hydrogen (secondary N) is 1. The highest BCUT2D eigenvalue weighted by Crippen LogP contribution is 2.21. The first-order valence-corrected chi connectivity index (χ1v) is 5.32. The van der Waals surface area contributed by atoms with E-state index in [2.05, 4.69) is 5.32 Å². The summed E-state index contributed by atoms with van der Waals surface area (Å²) in [5.74, 6) is 0.740. The third kappa shape index (κ3) is 2.48. The van der Waals surface area contributed by atoms with Gasteiger partial charge in [-0.25, -0.2) is 4.39 Å². The van der Waals surface area contributed by atoms with E-state index < -0.39 is 0 Å². The standard InChI is InChI=1S/C12H16FNO/c1-15-12-7-9(2-3-11(12)13)6-10-4-5-14-8-10/h2-3,7,10,14H,4-6,8H2,1H3. The number of halogens is 1. The Morgan fingerprint density at radius 1 is 1.53 bits per heavy atom. The topological polar surface area (TPSA) is 21.3 Å². The maximum Gasteiger partial charge on any atom is 0.165 e. The lowest BCUT2D eigenvalue weighted by Gasteiger charge is -2.09. The second-order valence-corrected chi connectivity index (χ2v) is 4.03. The van der Waals surface area contributed by atoms with Gasteiger partial charge in [-0.05, 0) is 49.5 Å². The molecular weight excluding hydrogens is 193 g/mol. The minimum absolute atomic E-state index is 0.286. The lowest BCUT2D eigenvalue weighted by atomic mass is 9.98. The third-order valence-corrected chi connectivity index (χ3v) is 2.90. The van der Waals surface area contributed by atoms with Gasteiger partial charge < -0.3 is 10.1 Å². The van der Waals surface area contributed by atoms with Crippen molar-refractivity contribution < 1.29 is 9.13 Å². The minimum Gasteiger partial charge on any atom is -0.494 e. The normalized spacial score (nSPS) is 20.5. The predicted octanol–water partition coefficient (Wildman–Crippen LogP) is 1.99. The van der Waals surface area contributed by atoms with Gasteiger partial charge in [0.15, 0.2) is 11.6 Å². The molecule has 1 unspecified atom stereocenters. The molecule has 1 fully saturated rings. The third-order valence-electron chi connectivity index (χ3n) is 2.90. The van der Waals surface area contributed by atoms with Gasteiger partial charge in [-0.1, -0.05) is 6.07 Å². The largest absolute Gasteiger partial charge is 0.494 e. The summed E-state index contributed by atoms with van der Waals surface area (Å²) < 4.78 is 18.1. The molecule has 0 bridgehead atoms. The SMILES string of the molecule is COc1cc(CC2CCNC2)ccc1F. The molecule has 1 aromatic rings. The van der Waals surface area contributed by atoms with Crippen molar-refractivity contribution in [2.24, 2.45) is 5.92 Å². The van der Waals surface area contributed by atoms with Crippen LogP contribution in [-0.2, 0) is 6.42 Å². The number of rotatable bonds is 3. The smallest absolute Gasteiger partial charge is 0.165 e. The van der Waals surface area contributed by atoms with E-state index in [0.717, 1.165) is 25.1 Å². The number of hydrogen-bond donors (Lipinski definition) is 1. The lowest BCUT2D eigenvalue weighted by Crippen LogP contribution is -2.10. The maximum absolute atomic E-state index is 13.1. The van der Waals surface area contributed by atoms with Crippen LogP contribution in [0.2, 0.25) is 0 Å². The Bertz CT molecular complexity index is 334. The fourth-order valence-electron chi connectivity index (χ4n) is 2.05. The molecule has 2 rings (SSSR count). The van der Waals surface area contributed by atoms with Gasteiger partial charge in [0.2, 0.25) is 0 Å². The first-order chi connectivity index (χ1) is 7.29. The zero-order chi connectivity index (χ0) is 10.7. The molecule has 1 aliphatic rings. The van der Waals surface area contributed by atoms with E-state index in [1.54, 1.807) is 6.07 Å². The van der Waals surface area contributed by atoms with Crippen LogP contribution in [0.3, 0.4) is 0 Å². The van der Waals surface area contributed by atoms with Crippen molar-refractivity contribution in [2.75, 3.05) is 20.2 Å². The second kappa shape index (κ2) is 4.62. The van der Waals surface area contributed by atoms with Crippen molar-refractivity contribution >= 4 is 0 Å². The van der Waals surface area contributed by atoms with Gasteiger partial charge in [0.05, 0.1) is 7.11 Å². The molecule has 1 N–H and O–H groups in total. The Balaban J connectivity index is 2.07. The molecule has 82 valence electrons. The molecule has 1 aliphatic heterocycles. The van der Waals surface area contributed by atoms with Crippen molar-refractivity contribution in [3.63, 3.8) is 0 Å². The van der Waals surface area contributed by atoms with E-state index in [4.69, 9.17) is 4.74 Å². The molecule has 0 amide bonds. The van der Waals surface area contributed by atoms with Gasteiger partial charge in [-0.2, -0.15) is 0 Å². The highest BCUT2D eigenvalue weighted by molar-refractivity contribution is 5.30. The van der Waals surface area contributed by atoms with Crippen LogP contribution in [0, 0.1) is 11.7 Å². The Hall–Kier alpha value is -1.09. The molecule has 1 aromatic carbocycles. The van der Waals surface area contributed by atoms with Gasteiger partial charge in [0, 0.05) is 0 Å². The Kier molecular flexibility index (Phi) is 3.21. The molecule has 0 radical (unpaired) electrons. The van der Waals surface area contributed by atoms with Crippen LogP contribution in [0.5, 0.6) is 5.75 Å². The first-order valence-electron chi connectivity index (χ1n) is 5.32. The molecule has 0 aromatic heterocycles. The quantitative estimate of drug-likeness (QED) is 0.822. The second-order valence-electron chi connectivity index (χ2n) is 4.03. The van der Waals surface area contributed by atoms with Crippen molar-refractivity contribution in [1.82, 2.24) is 5.32 Å². The van der Waals surface area contributed by atoms with Crippen LogP contribution in [0.25, 0.3) is 0 Å². The molecule has 0 spiro atoms. The maximum atomic E-state index is 13.1. The van der Waals surface area contributed by atoms with Gasteiger partial charge >= 0.3 is 0 Å².